The van der Waals surface area contributed by atoms with Gasteiger partial charge < -0.3 is 4.90 Å². The summed E-state index contributed by atoms with van der Waals surface area (Å²) in [7, 11) is 0. The normalized spacial score (nSPS) is 17.0. The van der Waals surface area contributed by atoms with Gasteiger partial charge in [0.25, 0.3) is 5.56 Å². The molecule has 9 heteroatoms. The molecule has 0 aromatic carbocycles. The van der Waals surface area contributed by atoms with Crippen molar-refractivity contribution in [2.75, 3.05) is 12.3 Å². The molecule has 1 saturated heterocycles. The van der Waals surface area contributed by atoms with Crippen LogP contribution in [0.5, 0.6) is 0 Å². The van der Waals surface area contributed by atoms with Gasteiger partial charge in [-0.3, -0.25) is 18.8 Å². The molecule has 1 fully saturated rings. The smallest absolute Gasteiger partial charge is 0.280 e. The molecule has 4 rings (SSSR count). The van der Waals surface area contributed by atoms with Crippen LogP contribution in [0.2, 0.25) is 0 Å². The lowest BCUT2D eigenvalue weighted by molar-refractivity contribution is -0.131. The van der Waals surface area contributed by atoms with Crippen molar-refractivity contribution in [3.8, 4) is 0 Å². The first-order chi connectivity index (χ1) is 14.5. The predicted octanol–water partition coefficient (Wildman–Crippen LogP) is 3.52. The third-order valence-corrected chi connectivity index (χ3v) is 7.45. The molecule has 0 N–H and O–H groups in total. The maximum Gasteiger partial charge on any atom is 0.280 e. The van der Waals surface area contributed by atoms with E-state index < -0.39 is 0 Å². The van der Waals surface area contributed by atoms with E-state index in [1.165, 1.54) is 18.2 Å². The monoisotopic (exact) mass is 445 g/mol. The molecule has 30 heavy (non-hydrogen) atoms. The van der Waals surface area contributed by atoms with E-state index in [0.717, 1.165) is 30.0 Å². The largest absolute Gasteiger partial charge is 0.339 e. The molecule has 0 bridgehead atoms. The lowest BCUT2D eigenvalue weighted by Gasteiger charge is -2.33. The van der Waals surface area contributed by atoms with Crippen LogP contribution >= 0.6 is 23.1 Å². The zero-order valence-electron chi connectivity index (χ0n) is 17.6. The van der Waals surface area contributed by atoms with Crippen molar-refractivity contribution in [1.29, 1.82) is 0 Å². The van der Waals surface area contributed by atoms with Crippen molar-refractivity contribution in [3.05, 3.63) is 38.4 Å². The first-order valence-corrected chi connectivity index (χ1v) is 12.3. The highest BCUT2D eigenvalue weighted by Crippen LogP contribution is 2.24. The van der Waals surface area contributed by atoms with Crippen molar-refractivity contribution >= 4 is 40.0 Å². The second-order valence-corrected chi connectivity index (χ2v) is 9.66. The number of fused-ring (bicyclic) bond motifs is 1. The summed E-state index contributed by atoms with van der Waals surface area (Å²) in [5.41, 5.74) is 1.81. The molecular formula is C21H27N5O2S2. The maximum absolute atomic E-state index is 13.4. The number of nitrogens with zero attached hydrogens (tertiary/aromatic N) is 5. The molecule has 1 atom stereocenters. The predicted molar refractivity (Wildman–Crippen MR) is 121 cm³/mol. The quantitative estimate of drug-likeness (QED) is 0.429. The standard InChI is InChI=1S/C21H27N5O2S2/c1-4-26-19-18(15(3)23-26)22-21(25(20(19)28)12-16-9-7-11-29-16)30-13-17(27)24-10-6-5-8-14(24)2/h7,9,11,14H,4-6,8,10,12-13H2,1-3H3/t14-/m1/s1. The zero-order chi connectivity index (χ0) is 21.3. The van der Waals surface area contributed by atoms with Gasteiger partial charge in [-0.2, -0.15) is 5.10 Å². The molecule has 7 nitrogen and oxygen atoms in total. The Morgan fingerprint density at radius 1 is 1.37 bits per heavy atom. The van der Waals surface area contributed by atoms with Crippen molar-refractivity contribution in [2.45, 2.75) is 64.3 Å². The second kappa shape index (κ2) is 8.93. The van der Waals surface area contributed by atoms with E-state index >= 15 is 0 Å². The van der Waals surface area contributed by atoms with E-state index in [4.69, 9.17) is 4.98 Å². The number of thiophene rings is 1. The molecule has 0 aliphatic carbocycles. The van der Waals surface area contributed by atoms with Gasteiger partial charge in [-0.1, -0.05) is 17.8 Å². The highest BCUT2D eigenvalue weighted by Gasteiger charge is 2.24. The molecule has 0 spiro atoms. The van der Waals surface area contributed by atoms with Crippen LogP contribution < -0.4 is 5.56 Å². The fourth-order valence-electron chi connectivity index (χ4n) is 4.00. The van der Waals surface area contributed by atoms with E-state index in [9.17, 15) is 9.59 Å². The van der Waals surface area contributed by atoms with Crippen LogP contribution in [-0.4, -0.2) is 48.5 Å². The Bertz CT molecular complexity index is 1100. The summed E-state index contributed by atoms with van der Waals surface area (Å²) >= 11 is 2.96. The van der Waals surface area contributed by atoms with Gasteiger partial charge in [0, 0.05) is 24.0 Å². The average Bonchev–Trinajstić information content (AvgIpc) is 3.36. The number of thioether (sulfide) groups is 1. The number of aryl methyl sites for hydroxylation is 2. The Kier molecular flexibility index (Phi) is 6.29. The molecule has 160 valence electrons. The second-order valence-electron chi connectivity index (χ2n) is 7.68. The van der Waals surface area contributed by atoms with Crippen LogP contribution in [0.4, 0.5) is 0 Å². The van der Waals surface area contributed by atoms with E-state index in [0.29, 0.717) is 29.3 Å². The molecule has 1 amide bonds. The van der Waals surface area contributed by atoms with Crippen LogP contribution in [0.25, 0.3) is 11.0 Å². The minimum Gasteiger partial charge on any atom is -0.339 e. The molecule has 3 aromatic heterocycles. The van der Waals surface area contributed by atoms with Gasteiger partial charge in [-0.25, -0.2) is 4.98 Å². The van der Waals surface area contributed by atoms with Gasteiger partial charge in [0.1, 0.15) is 5.52 Å². The van der Waals surface area contributed by atoms with Crippen molar-refractivity contribution < 1.29 is 4.79 Å². The topological polar surface area (TPSA) is 73.0 Å². The average molecular weight is 446 g/mol. The van der Waals surface area contributed by atoms with Gasteiger partial charge in [-0.05, 0) is 51.5 Å². The Morgan fingerprint density at radius 2 is 2.20 bits per heavy atom. The number of amides is 1. The molecule has 1 aliphatic heterocycles. The molecule has 0 radical (unpaired) electrons. The lowest BCUT2D eigenvalue weighted by Crippen LogP contribution is -2.43. The molecular weight excluding hydrogens is 418 g/mol. The molecule has 3 aromatic rings. The third-order valence-electron chi connectivity index (χ3n) is 5.62. The Morgan fingerprint density at radius 3 is 2.90 bits per heavy atom. The van der Waals surface area contributed by atoms with E-state index in [1.54, 1.807) is 20.6 Å². The minimum atomic E-state index is -0.0999. The summed E-state index contributed by atoms with van der Waals surface area (Å²) in [5, 5.41) is 7.07. The number of carbonyl (C=O) groups is 1. The fraction of sp³-hybridized carbons (Fsp3) is 0.524. The Hall–Kier alpha value is -2.13. The minimum absolute atomic E-state index is 0.0999. The van der Waals surface area contributed by atoms with Gasteiger partial charge in [-0.15, -0.1) is 11.3 Å². The number of aromatic nitrogens is 4. The zero-order valence-corrected chi connectivity index (χ0v) is 19.3. The van der Waals surface area contributed by atoms with Crippen LogP contribution in [0.1, 0.15) is 43.7 Å². The number of piperidine rings is 1. The maximum atomic E-state index is 13.4. The first-order valence-electron chi connectivity index (χ1n) is 10.4. The van der Waals surface area contributed by atoms with E-state index in [2.05, 4.69) is 12.0 Å². The molecule has 4 heterocycles. The van der Waals surface area contributed by atoms with Crippen LogP contribution in [-0.2, 0) is 17.9 Å². The molecule has 0 unspecified atom stereocenters. The van der Waals surface area contributed by atoms with Crippen molar-refractivity contribution in [3.63, 3.8) is 0 Å². The number of rotatable bonds is 6. The van der Waals surface area contributed by atoms with Crippen LogP contribution in [0, 0.1) is 6.92 Å². The first kappa shape index (κ1) is 21.1. The van der Waals surface area contributed by atoms with Crippen molar-refractivity contribution in [1.82, 2.24) is 24.2 Å². The third kappa shape index (κ3) is 4.05. The number of carbonyl (C=O) groups excluding carboxylic acids is 1. The number of hydrogen-bond acceptors (Lipinski definition) is 6. The van der Waals surface area contributed by atoms with E-state index in [1.807, 2.05) is 36.3 Å². The summed E-state index contributed by atoms with van der Waals surface area (Å²) in [4.78, 5) is 34.1. The van der Waals surface area contributed by atoms with Gasteiger partial charge >= 0.3 is 0 Å². The summed E-state index contributed by atoms with van der Waals surface area (Å²) in [5.74, 6) is 0.401. The summed E-state index contributed by atoms with van der Waals surface area (Å²) in [6.07, 6.45) is 3.29. The Labute approximate surface area is 184 Å². The van der Waals surface area contributed by atoms with Crippen LogP contribution in [0.15, 0.2) is 27.5 Å². The SMILES string of the molecule is CCn1nc(C)c2nc(SCC(=O)N3CCCC[C@H]3C)n(Cc3cccs3)c(=O)c21. The Balaban J connectivity index is 1.69. The molecule has 1 aliphatic rings. The highest BCUT2D eigenvalue weighted by molar-refractivity contribution is 7.99. The summed E-state index contributed by atoms with van der Waals surface area (Å²) in [6, 6.07) is 4.27. The van der Waals surface area contributed by atoms with Gasteiger partial charge in [0.15, 0.2) is 10.7 Å². The summed E-state index contributed by atoms with van der Waals surface area (Å²) < 4.78 is 3.42. The van der Waals surface area contributed by atoms with Gasteiger partial charge in [0.05, 0.1) is 18.0 Å². The number of hydrogen-bond donors (Lipinski definition) is 0. The van der Waals surface area contributed by atoms with Gasteiger partial charge in [0.2, 0.25) is 5.91 Å². The number of likely N-dealkylation sites (tertiary alicyclic amines) is 1. The highest BCUT2D eigenvalue weighted by atomic mass is 32.2. The van der Waals surface area contributed by atoms with Crippen LogP contribution in [0.3, 0.4) is 0 Å². The lowest BCUT2D eigenvalue weighted by atomic mass is 10.0. The molecule has 0 saturated carbocycles. The summed E-state index contributed by atoms with van der Waals surface area (Å²) in [6.45, 7) is 7.83. The van der Waals surface area contributed by atoms with E-state index in [-0.39, 0.29) is 23.3 Å². The fourth-order valence-corrected chi connectivity index (χ4v) is 5.57. The van der Waals surface area contributed by atoms with Crippen molar-refractivity contribution in [2.24, 2.45) is 0 Å².